The standard InChI is InChI=1S/C60H101NO8/c1-3-5-7-9-11-13-15-17-19-21-22-23-24-25-26-27-28-29-30-31-32-34-36-38-40-42-44-46-48-50-56(64)61-53(52-68-60-59(67)58(66)57(65)55(51-62)69-60)54(63)49-47-45-43-41-39-37-35-33-20-18-16-14-12-10-8-6-4-2/h5,7,11,13,17,19,22-23,25-26,28-29,31-32,36,38,47,49,53-55,57-60,62-63,65-67H,3-4,6,8-10,12,14-16,18,20-21,24,27,30,33-35,37,39-46,48,50-52H2,1-2H3,(H,61,64)/b7-5-,13-11-,19-17-,23-22-,26-25-,29-28-,32-31-,38-36-,49-47+. The average Bonchev–Trinajstić information content (AvgIpc) is 3.35. The second-order valence-corrected chi connectivity index (χ2v) is 18.6. The van der Waals surface area contributed by atoms with E-state index in [9.17, 15) is 30.3 Å². The van der Waals surface area contributed by atoms with Gasteiger partial charge in [0.1, 0.15) is 24.4 Å². The van der Waals surface area contributed by atoms with Crippen molar-refractivity contribution >= 4 is 5.91 Å². The molecule has 1 rings (SSSR count). The van der Waals surface area contributed by atoms with E-state index in [1.807, 2.05) is 6.08 Å². The van der Waals surface area contributed by atoms with Gasteiger partial charge in [0.25, 0.3) is 0 Å². The third kappa shape index (κ3) is 38.2. The molecule has 7 unspecified atom stereocenters. The summed E-state index contributed by atoms with van der Waals surface area (Å²) in [6.45, 7) is 3.64. The van der Waals surface area contributed by atoms with E-state index in [2.05, 4.69) is 116 Å². The van der Waals surface area contributed by atoms with Crippen LogP contribution in [-0.4, -0.2) is 87.5 Å². The Kier molecular flexibility index (Phi) is 44.9. The molecule has 6 N–H and O–H groups in total. The summed E-state index contributed by atoms with van der Waals surface area (Å²) in [5.74, 6) is -0.206. The zero-order valence-corrected chi connectivity index (χ0v) is 43.5. The molecule has 69 heavy (non-hydrogen) atoms. The summed E-state index contributed by atoms with van der Waals surface area (Å²) in [5.41, 5.74) is 0. The summed E-state index contributed by atoms with van der Waals surface area (Å²) in [7, 11) is 0. The fraction of sp³-hybridized carbons (Fsp3) is 0.683. The van der Waals surface area contributed by atoms with E-state index < -0.39 is 49.5 Å². The Morgan fingerprint density at radius 2 is 0.899 bits per heavy atom. The molecule has 9 nitrogen and oxygen atoms in total. The normalized spacial score (nSPS) is 20.4. The third-order valence-corrected chi connectivity index (χ3v) is 12.4. The zero-order chi connectivity index (χ0) is 50.1. The van der Waals surface area contributed by atoms with Crippen molar-refractivity contribution in [3.8, 4) is 0 Å². The Labute approximate surface area is 421 Å². The molecule has 0 saturated carbocycles. The lowest BCUT2D eigenvalue weighted by Gasteiger charge is -2.40. The molecule has 0 aliphatic carbocycles. The first-order valence-corrected chi connectivity index (χ1v) is 27.6. The van der Waals surface area contributed by atoms with Gasteiger partial charge in [-0.05, 0) is 83.5 Å². The molecule has 0 spiro atoms. The number of rotatable bonds is 45. The molecule has 1 heterocycles. The van der Waals surface area contributed by atoms with Crippen molar-refractivity contribution in [3.63, 3.8) is 0 Å². The summed E-state index contributed by atoms with van der Waals surface area (Å²) in [6, 6.07) is -0.827. The van der Waals surface area contributed by atoms with Gasteiger partial charge in [0.15, 0.2) is 6.29 Å². The monoisotopic (exact) mass is 964 g/mol. The van der Waals surface area contributed by atoms with Crippen molar-refractivity contribution in [2.24, 2.45) is 0 Å². The van der Waals surface area contributed by atoms with Crippen molar-refractivity contribution in [1.82, 2.24) is 5.32 Å². The number of aliphatic hydroxyl groups excluding tert-OH is 5. The first-order valence-electron chi connectivity index (χ1n) is 27.6. The molecule has 1 amide bonds. The molecule has 0 bridgehead atoms. The van der Waals surface area contributed by atoms with Crippen molar-refractivity contribution < 1.29 is 39.8 Å². The van der Waals surface area contributed by atoms with E-state index in [1.165, 1.54) is 83.5 Å². The van der Waals surface area contributed by atoms with Gasteiger partial charge in [0, 0.05) is 6.42 Å². The van der Waals surface area contributed by atoms with Crippen LogP contribution in [0, 0.1) is 0 Å². The second-order valence-electron chi connectivity index (χ2n) is 18.6. The number of carbonyl (C=O) groups is 1. The number of hydrogen-bond acceptors (Lipinski definition) is 8. The van der Waals surface area contributed by atoms with Gasteiger partial charge in [-0.2, -0.15) is 0 Å². The first-order chi connectivity index (χ1) is 33.8. The fourth-order valence-electron chi connectivity index (χ4n) is 7.99. The number of nitrogens with one attached hydrogen (secondary N) is 1. The van der Waals surface area contributed by atoms with E-state index in [1.54, 1.807) is 6.08 Å². The summed E-state index contributed by atoms with van der Waals surface area (Å²) >= 11 is 0. The smallest absolute Gasteiger partial charge is 0.220 e. The number of unbranched alkanes of at least 4 members (excludes halogenated alkanes) is 19. The van der Waals surface area contributed by atoms with Gasteiger partial charge in [-0.25, -0.2) is 0 Å². The summed E-state index contributed by atoms with van der Waals surface area (Å²) in [6.07, 6.45) is 64.2. The Morgan fingerprint density at radius 1 is 0.507 bits per heavy atom. The van der Waals surface area contributed by atoms with Crippen LogP contribution in [0.3, 0.4) is 0 Å². The molecule has 0 aromatic carbocycles. The topological polar surface area (TPSA) is 149 Å². The zero-order valence-electron chi connectivity index (χ0n) is 43.5. The predicted molar refractivity (Wildman–Crippen MR) is 290 cm³/mol. The van der Waals surface area contributed by atoms with E-state index in [0.717, 1.165) is 103 Å². The minimum absolute atomic E-state index is 0.205. The van der Waals surface area contributed by atoms with E-state index in [0.29, 0.717) is 6.42 Å². The highest BCUT2D eigenvalue weighted by Gasteiger charge is 2.44. The average molecular weight is 964 g/mol. The van der Waals surface area contributed by atoms with Crippen LogP contribution in [0.5, 0.6) is 0 Å². The van der Waals surface area contributed by atoms with Gasteiger partial charge in [0.2, 0.25) is 5.91 Å². The van der Waals surface area contributed by atoms with Crippen LogP contribution >= 0.6 is 0 Å². The number of amides is 1. The molecule has 1 fully saturated rings. The minimum atomic E-state index is -1.58. The van der Waals surface area contributed by atoms with Crippen LogP contribution in [0.15, 0.2) is 109 Å². The Balaban J connectivity index is 2.29. The third-order valence-electron chi connectivity index (χ3n) is 12.4. The minimum Gasteiger partial charge on any atom is -0.394 e. The predicted octanol–water partition coefficient (Wildman–Crippen LogP) is 13.4. The Bertz CT molecular complexity index is 1440. The molecule has 394 valence electrons. The van der Waals surface area contributed by atoms with E-state index >= 15 is 0 Å². The summed E-state index contributed by atoms with van der Waals surface area (Å²) < 4.78 is 11.2. The van der Waals surface area contributed by atoms with Crippen molar-refractivity contribution in [3.05, 3.63) is 109 Å². The number of aliphatic hydroxyl groups is 5. The Hall–Kier alpha value is -3.15. The number of hydrogen-bond donors (Lipinski definition) is 6. The van der Waals surface area contributed by atoms with Crippen LogP contribution in [0.25, 0.3) is 0 Å². The fourth-order valence-corrected chi connectivity index (χ4v) is 7.99. The molecule has 9 heteroatoms. The van der Waals surface area contributed by atoms with Crippen LogP contribution in [0.1, 0.15) is 206 Å². The summed E-state index contributed by atoms with van der Waals surface area (Å²) in [4.78, 5) is 13.0. The van der Waals surface area contributed by atoms with Gasteiger partial charge in [-0.1, -0.05) is 226 Å². The maximum atomic E-state index is 13.0. The highest BCUT2D eigenvalue weighted by molar-refractivity contribution is 5.76. The highest BCUT2D eigenvalue weighted by atomic mass is 16.7. The first kappa shape index (κ1) is 63.9. The molecule has 0 radical (unpaired) electrons. The lowest BCUT2D eigenvalue weighted by Crippen LogP contribution is -2.60. The van der Waals surface area contributed by atoms with Crippen LogP contribution < -0.4 is 5.32 Å². The quantitative estimate of drug-likeness (QED) is 0.0261. The van der Waals surface area contributed by atoms with Gasteiger partial charge in [-0.15, -0.1) is 0 Å². The molecule has 0 aromatic heterocycles. The molecule has 1 saturated heterocycles. The van der Waals surface area contributed by atoms with E-state index in [4.69, 9.17) is 9.47 Å². The van der Waals surface area contributed by atoms with Crippen LogP contribution in [-0.2, 0) is 14.3 Å². The molecule has 7 atom stereocenters. The molecule has 1 aliphatic rings. The number of allylic oxidation sites excluding steroid dienone is 17. The largest absolute Gasteiger partial charge is 0.394 e. The summed E-state index contributed by atoms with van der Waals surface area (Å²) in [5, 5.41) is 54.4. The lowest BCUT2D eigenvalue weighted by molar-refractivity contribution is -0.302. The van der Waals surface area contributed by atoms with Gasteiger partial charge < -0.3 is 40.3 Å². The molecular weight excluding hydrogens is 863 g/mol. The SMILES string of the molecule is CC/C=C\C/C=C\C/C=C\C/C=C\C/C=C\C/C=C\C/C=C\C/C=C\CCCCCCC(=O)NC(COC1OC(CO)C(O)C(O)C1O)C(O)/C=C/CCCCCCCCCCCCCCCCC. The van der Waals surface area contributed by atoms with Crippen molar-refractivity contribution in [2.45, 2.75) is 249 Å². The molecule has 0 aromatic rings. The maximum Gasteiger partial charge on any atom is 0.220 e. The van der Waals surface area contributed by atoms with Crippen molar-refractivity contribution in [1.29, 1.82) is 0 Å². The lowest BCUT2D eigenvalue weighted by atomic mass is 9.99. The number of ether oxygens (including phenoxy) is 2. The molecular formula is C60H101NO8. The second kappa shape index (κ2) is 48.5. The van der Waals surface area contributed by atoms with Gasteiger partial charge in [0.05, 0.1) is 25.4 Å². The van der Waals surface area contributed by atoms with Gasteiger partial charge >= 0.3 is 0 Å². The van der Waals surface area contributed by atoms with Crippen LogP contribution in [0.2, 0.25) is 0 Å². The molecule has 1 aliphatic heterocycles. The van der Waals surface area contributed by atoms with E-state index in [-0.39, 0.29) is 12.5 Å². The maximum absolute atomic E-state index is 13.0. The van der Waals surface area contributed by atoms with Crippen LogP contribution in [0.4, 0.5) is 0 Å². The van der Waals surface area contributed by atoms with Crippen molar-refractivity contribution in [2.75, 3.05) is 13.2 Å². The number of carbonyl (C=O) groups excluding carboxylic acids is 1. The van der Waals surface area contributed by atoms with Gasteiger partial charge in [-0.3, -0.25) is 4.79 Å². The Morgan fingerprint density at radius 3 is 1.33 bits per heavy atom. The highest BCUT2D eigenvalue weighted by Crippen LogP contribution is 2.23.